The molecule has 0 radical (unpaired) electrons. The van der Waals surface area contributed by atoms with Gasteiger partial charge in [0.1, 0.15) is 5.75 Å². The van der Waals surface area contributed by atoms with E-state index in [-0.39, 0.29) is 5.75 Å². The van der Waals surface area contributed by atoms with Crippen LogP contribution in [0.15, 0.2) is 54.6 Å². The van der Waals surface area contributed by atoms with Gasteiger partial charge in [0, 0.05) is 10.9 Å². The van der Waals surface area contributed by atoms with Gasteiger partial charge in [0.05, 0.1) is 5.02 Å². The summed E-state index contributed by atoms with van der Waals surface area (Å²) in [6.07, 6.45) is 0.760. The number of halogens is 1. The Bertz CT molecular complexity index is 792. The molecule has 98 valence electrons. The third-order valence-corrected chi connectivity index (χ3v) is 3.73. The topological polar surface area (TPSA) is 37.3 Å². The van der Waals surface area contributed by atoms with E-state index < -0.39 is 0 Å². The van der Waals surface area contributed by atoms with E-state index in [0.29, 0.717) is 10.6 Å². The first-order chi connectivity index (χ1) is 9.69. The molecule has 1 N–H and O–H groups in total. The summed E-state index contributed by atoms with van der Waals surface area (Å²) in [5, 5.41) is 11.6. The van der Waals surface area contributed by atoms with Crippen molar-refractivity contribution < 1.29 is 9.90 Å². The number of carbonyl (C=O) groups excluding carboxylic acids is 1. The molecule has 0 saturated carbocycles. The van der Waals surface area contributed by atoms with Crippen LogP contribution < -0.4 is 0 Å². The highest BCUT2D eigenvalue weighted by Gasteiger charge is 2.06. The fourth-order valence-corrected chi connectivity index (χ4v) is 2.51. The van der Waals surface area contributed by atoms with Gasteiger partial charge in [0.2, 0.25) is 0 Å². The minimum Gasteiger partial charge on any atom is -0.508 e. The standard InChI is InChI=1S/C17H11ClO2/c18-17-14(10-19)2-1-13-9-12(5-8-16(13)17)11-3-6-15(20)7-4-11/h1-10,20H. The van der Waals surface area contributed by atoms with Gasteiger partial charge in [-0.1, -0.05) is 41.9 Å². The average molecular weight is 283 g/mol. The number of benzene rings is 3. The first kappa shape index (κ1) is 12.7. The molecular formula is C17H11ClO2. The first-order valence-electron chi connectivity index (χ1n) is 6.16. The number of phenols is 1. The molecule has 0 aliphatic rings. The molecule has 0 aliphatic heterocycles. The van der Waals surface area contributed by atoms with Crippen LogP contribution in [-0.4, -0.2) is 11.4 Å². The smallest absolute Gasteiger partial charge is 0.151 e. The van der Waals surface area contributed by atoms with Gasteiger partial charge in [-0.3, -0.25) is 4.79 Å². The van der Waals surface area contributed by atoms with Crippen LogP contribution in [0.4, 0.5) is 0 Å². The van der Waals surface area contributed by atoms with Crippen molar-refractivity contribution >= 4 is 28.7 Å². The summed E-state index contributed by atoms with van der Waals surface area (Å²) >= 11 is 6.20. The maximum atomic E-state index is 10.9. The molecule has 0 heterocycles. The van der Waals surface area contributed by atoms with Crippen molar-refractivity contribution in [1.29, 1.82) is 0 Å². The van der Waals surface area contributed by atoms with E-state index in [1.165, 1.54) is 0 Å². The van der Waals surface area contributed by atoms with E-state index in [4.69, 9.17) is 11.6 Å². The number of fused-ring (bicyclic) bond motifs is 1. The van der Waals surface area contributed by atoms with E-state index in [1.54, 1.807) is 18.2 Å². The third-order valence-electron chi connectivity index (χ3n) is 3.31. The summed E-state index contributed by atoms with van der Waals surface area (Å²) in [5.74, 6) is 0.244. The molecule has 0 fully saturated rings. The van der Waals surface area contributed by atoms with Crippen LogP contribution in [0.2, 0.25) is 5.02 Å². The molecule has 0 amide bonds. The Morgan fingerprint density at radius 3 is 2.30 bits per heavy atom. The first-order valence-corrected chi connectivity index (χ1v) is 6.54. The lowest BCUT2D eigenvalue weighted by molar-refractivity contribution is 0.112. The zero-order valence-corrected chi connectivity index (χ0v) is 11.3. The maximum Gasteiger partial charge on any atom is 0.151 e. The number of hydrogen-bond donors (Lipinski definition) is 1. The normalized spacial score (nSPS) is 10.7. The average Bonchev–Trinajstić information content (AvgIpc) is 2.48. The molecule has 0 saturated heterocycles. The lowest BCUT2D eigenvalue weighted by atomic mass is 10.00. The molecule has 20 heavy (non-hydrogen) atoms. The molecule has 0 atom stereocenters. The Kier molecular flexibility index (Phi) is 3.17. The Hall–Kier alpha value is -2.32. The van der Waals surface area contributed by atoms with Crippen LogP contribution in [0.5, 0.6) is 5.75 Å². The SMILES string of the molecule is O=Cc1ccc2cc(-c3ccc(O)cc3)ccc2c1Cl. The Morgan fingerprint density at radius 2 is 1.60 bits per heavy atom. The Morgan fingerprint density at radius 1 is 0.900 bits per heavy atom. The van der Waals surface area contributed by atoms with Crippen molar-refractivity contribution in [2.75, 3.05) is 0 Å². The van der Waals surface area contributed by atoms with Gasteiger partial charge in [-0.25, -0.2) is 0 Å². The highest BCUT2D eigenvalue weighted by Crippen LogP contribution is 2.31. The van der Waals surface area contributed by atoms with Crippen LogP contribution in [0.3, 0.4) is 0 Å². The van der Waals surface area contributed by atoms with Crippen molar-refractivity contribution in [2.24, 2.45) is 0 Å². The van der Waals surface area contributed by atoms with Crippen molar-refractivity contribution in [3.05, 3.63) is 65.2 Å². The van der Waals surface area contributed by atoms with E-state index in [0.717, 1.165) is 28.2 Å². The Labute approximate surface area is 121 Å². The number of carbonyl (C=O) groups is 1. The molecule has 0 aliphatic carbocycles. The predicted octanol–water partition coefficient (Wildman–Crippen LogP) is 4.68. The summed E-state index contributed by atoms with van der Waals surface area (Å²) in [5.41, 5.74) is 2.55. The molecule has 0 aromatic heterocycles. The third kappa shape index (κ3) is 2.15. The van der Waals surface area contributed by atoms with Gasteiger partial charge in [-0.15, -0.1) is 0 Å². The maximum absolute atomic E-state index is 10.9. The van der Waals surface area contributed by atoms with Gasteiger partial charge < -0.3 is 5.11 Å². The minimum atomic E-state index is 0.244. The van der Waals surface area contributed by atoms with Crippen molar-refractivity contribution in [1.82, 2.24) is 0 Å². The molecule has 3 heteroatoms. The molecule has 3 aromatic carbocycles. The summed E-state index contributed by atoms with van der Waals surface area (Å²) in [7, 11) is 0. The molecule has 0 bridgehead atoms. The number of aromatic hydroxyl groups is 1. The van der Waals surface area contributed by atoms with Crippen molar-refractivity contribution in [2.45, 2.75) is 0 Å². The second-order valence-corrected chi connectivity index (χ2v) is 4.95. The van der Waals surface area contributed by atoms with Gasteiger partial charge in [-0.05, 0) is 40.8 Å². The van der Waals surface area contributed by atoms with Crippen LogP contribution in [-0.2, 0) is 0 Å². The molecular weight excluding hydrogens is 272 g/mol. The van der Waals surface area contributed by atoms with E-state index in [2.05, 4.69) is 0 Å². The number of hydrogen-bond acceptors (Lipinski definition) is 2. The van der Waals surface area contributed by atoms with Crippen LogP contribution >= 0.6 is 11.6 Å². The number of aldehydes is 1. The quantitative estimate of drug-likeness (QED) is 0.693. The number of rotatable bonds is 2. The summed E-state index contributed by atoms with van der Waals surface area (Å²) in [4.78, 5) is 10.9. The molecule has 0 spiro atoms. The lowest BCUT2D eigenvalue weighted by Crippen LogP contribution is -1.85. The van der Waals surface area contributed by atoms with Gasteiger partial charge >= 0.3 is 0 Å². The molecule has 0 unspecified atom stereocenters. The van der Waals surface area contributed by atoms with E-state index in [1.807, 2.05) is 36.4 Å². The molecule has 3 rings (SSSR count). The molecule has 2 nitrogen and oxygen atoms in total. The van der Waals surface area contributed by atoms with E-state index in [9.17, 15) is 9.90 Å². The van der Waals surface area contributed by atoms with Crippen molar-refractivity contribution in [3.8, 4) is 16.9 Å². The monoisotopic (exact) mass is 282 g/mol. The summed E-state index contributed by atoms with van der Waals surface area (Å²) < 4.78 is 0. The van der Waals surface area contributed by atoms with E-state index >= 15 is 0 Å². The van der Waals surface area contributed by atoms with Crippen molar-refractivity contribution in [3.63, 3.8) is 0 Å². The zero-order chi connectivity index (χ0) is 14.1. The summed E-state index contributed by atoms with van der Waals surface area (Å²) in [6.45, 7) is 0. The van der Waals surface area contributed by atoms with Crippen LogP contribution in [0.25, 0.3) is 21.9 Å². The Balaban J connectivity index is 2.16. The zero-order valence-electron chi connectivity index (χ0n) is 10.5. The van der Waals surface area contributed by atoms with Gasteiger partial charge in [0.25, 0.3) is 0 Å². The second kappa shape index (κ2) is 4.99. The second-order valence-electron chi connectivity index (χ2n) is 4.57. The fourth-order valence-electron chi connectivity index (χ4n) is 2.23. The van der Waals surface area contributed by atoms with Gasteiger partial charge in [-0.2, -0.15) is 0 Å². The minimum absolute atomic E-state index is 0.244. The highest BCUT2D eigenvalue weighted by molar-refractivity contribution is 6.37. The lowest BCUT2D eigenvalue weighted by Gasteiger charge is -2.07. The molecule has 3 aromatic rings. The van der Waals surface area contributed by atoms with Gasteiger partial charge in [0.15, 0.2) is 6.29 Å². The fraction of sp³-hybridized carbons (Fsp3) is 0. The predicted molar refractivity (Wildman–Crippen MR) is 81.4 cm³/mol. The summed E-state index contributed by atoms with van der Waals surface area (Å²) in [6, 6.07) is 16.5. The number of phenolic OH excluding ortho intramolecular Hbond substituents is 1. The van der Waals surface area contributed by atoms with Crippen LogP contribution in [0.1, 0.15) is 10.4 Å². The van der Waals surface area contributed by atoms with Crippen LogP contribution in [0, 0.1) is 0 Å². The highest BCUT2D eigenvalue weighted by atomic mass is 35.5. The largest absolute Gasteiger partial charge is 0.508 e.